The molecule has 0 aliphatic carbocycles. The Bertz CT molecular complexity index is 1270. The SMILES string of the molecule is COCCCc1cn(-c2nc(N)nc3ccsc23)c2cc(C#CC(C)(C)O)ncc12. The van der Waals surface area contributed by atoms with Gasteiger partial charge in [-0.15, -0.1) is 11.3 Å². The number of nitrogens with zero attached hydrogens (tertiary/aromatic N) is 4. The molecule has 0 radical (unpaired) electrons. The van der Waals surface area contributed by atoms with Gasteiger partial charge in [-0.05, 0) is 55.7 Å². The number of pyridine rings is 1. The van der Waals surface area contributed by atoms with E-state index in [0.29, 0.717) is 12.3 Å². The molecule has 0 unspecified atom stereocenters. The normalized spacial score (nSPS) is 11.7. The second-order valence-electron chi connectivity index (χ2n) is 7.56. The van der Waals surface area contributed by atoms with Crippen LogP contribution in [-0.2, 0) is 11.2 Å². The number of ether oxygens (including phenoxy) is 1. The van der Waals surface area contributed by atoms with Gasteiger partial charge in [0.15, 0.2) is 5.82 Å². The molecule has 0 atom stereocenters. The van der Waals surface area contributed by atoms with E-state index in [1.807, 2.05) is 28.3 Å². The van der Waals surface area contributed by atoms with Crippen molar-refractivity contribution in [1.82, 2.24) is 19.5 Å². The zero-order chi connectivity index (χ0) is 21.3. The van der Waals surface area contributed by atoms with Crippen LogP contribution in [0.4, 0.5) is 5.95 Å². The third kappa shape index (κ3) is 4.14. The molecule has 30 heavy (non-hydrogen) atoms. The maximum atomic E-state index is 9.93. The number of methoxy groups -OCH3 is 1. The van der Waals surface area contributed by atoms with Crippen molar-refractivity contribution in [3.63, 3.8) is 0 Å². The van der Waals surface area contributed by atoms with Crippen molar-refractivity contribution in [2.75, 3.05) is 19.5 Å². The largest absolute Gasteiger partial charge is 0.385 e. The number of aliphatic hydroxyl groups is 1. The van der Waals surface area contributed by atoms with E-state index in [0.717, 1.165) is 45.3 Å². The van der Waals surface area contributed by atoms with Crippen LogP contribution in [0.2, 0.25) is 0 Å². The van der Waals surface area contributed by atoms with E-state index in [1.54, 1.807) is 32.3 Å². The zero-order valence-corrected chi connectivity index (χ0v) is 18.0. The number of hydrogen-bond donors (Lipinski definition) is 2. The summed E-state index contributed by atoms with van der Waals surface area (Å²) in [5, 5.41) is 12.9. The van der Waals surface area contributed by atoms with Gasteiger partial charge in [0.05, 0.1) is 15.7 Å². The summed E-state index contributed by atoms with van der Waals surface area (Å²) >= 11 is 1.58. The summed E-state index contributed by atoms with van der Waals surface area (Å²) in [4.78, 5) is 13.4. The van der Waals surface area contributed by atoms with E-state index >= 15 is 0 Å². The summed E-state index contributed by atoms with van der Waals surface area (Å²) in [6.45, 7) is 3.98. The highest BCUT2D eigenvalue weighted by Crippen LogP contribution is 2.31. The first-order valence-electron chi connectivity index (χ1n) is 9.61. The van der Waals surface area contributed by atoms with E-state index in [4.69, 9.17) is 10.5 Å². The number of rotatable bonds is 5. The van der Waals surface area contributed by atoms with Crippen molar-refractivity contribution in [3.8, 4) is 17.7 Å². The van der Waals surface area contributed by atoms with E-state index in [-0.39, 0.29) is 5.95 Å². The minimum Gasteiger partial charge on any atom is -0.385 e. The fraction of sp³-hybridized carbons (Fsp3) is 0.318. The number of hydrogen-bond acceptors (Lipinski definition) is 7. The molecule has 0 aromatic carbocycles. The molecule has 0 aliphatic heterocycles. The van der Waals surface area contributed by atoms with Gasteiger partial charge in [0.1, 0.15) is 11.3 Å². The molecule has 0 fully saturated rings. The molecule has 0 saturated carbocycles. The van der Waals surface area contributed by atoms with Crippen molar-refractivity contribution in [3.05, 3.63) is 41.2 Å². The lowest BCUT2D eigenvalue weighted by atomic mass is 10.1. The lowest BCUT2D eigenvalue weighted by Crippen LogP contribution is -2.14. The average Bonchev–Trinajstić information content (AvgIpc) is 3.30. The fourth-order valence-corrected chi connectivity index (χ4v) is 4.10. The Hall–Kier alpha value is -2.99. The van der Waals surface area contributed by atoms with E-state index in [9.17, 15) is 5.11 Å². The predicted molar refractivity (Wildman–Crippen MR) is 120 cm³/mol. The summed E-state index contributed by atoms with van der Waals surface area (Å²) in [5.41, 5.74) is 8.38. The van der Waals surface area contributed by atoms with Crippen molar-refractivity contribution >= 4 is 38.4 Å². The quantitative estimate of drug-likeness (QED) is 0.379. The highest BCUT2D eigenvalue weighted by Gasteiger charge is 2.16. The van der Waals surface area contributed by atoms with E-state index in [1.165, 1.54) is 0 Å². The smallest absolute Gasteiger partial charge is 0.222 e. The van der Waals surface area contributed by atoms with Gasteiger partial charge in [-0.25, -0.2) is 9.97 Å². The Morgan fingerprint density at radius 2 is 2.17 bits per heavy atom. The van der Waals surface area contributed by atoms with Crippen LogP contribution in [0.3, 0.4) is 0 Å². The van der Waals surface area contributed by atoms with Crippen LogP contribution in [0.15, 0.2) is 29.9 Å². The second-order valence-corrected chi connectivity index (χ2v) is 8.47. The van der Waals surface area contributed by atoms with Gasteiger partial charge in [-0.3, -0.25) is 4.57 Å². The molecule has 8 heteroatoms. The number of thiophene rings is 1. The molecule has 4 rings (SSSR count). The van der Waals surface area contributed by atoms with Gasteiger partial charge in [-0.1, -0.05) is 5.92 Å². The van der Waals surface area contributed by atoms with Gasteiger partial charge >= 0.3 is 0 Å². The molecule has 0 amide bonds. The molecule has 0 bridgehead atoms. The van der Waals surface area contributed by atoms with Gasteiger partial charge in [0, 0.05) is 31.5 Å². The number of fused-ring (bicyclic) bond motifs is 2. The lowest BCUT2D eigenvalue weighted by Gasteiger charge is -2.07. The van der Waals surface area contributed by atoms with Crippen LogP contribution in [0, 0.1) is 11.8 Å². The highest BCUT2D eigenvalue weighted by atomic mass is 32.1. The van der Waals surface area contributed by atoms with E-state index in [2.05, 4.69) is 33.0 Å². The maximum absolute atomic E-state index is 9.93. The molecule has 4 aromatic rings. The van der Waals surface area contributed by atoms with Crippen LogP contribution in [0.5, 0.6) is 0 Å². The Morgan fingerprint density at radius 3 is 2.93 bits per heavy atom. The molecular weight excluding hydrogens is 398 g/mol. The zero-order valence-electron chi connectivity index (χ0n) is 17.1. The number of nitrogens with two attached hydrogens (primary N) is 1. The number of aryl methyl sites for hydroxylation is 1. The van der Waals surface area contributed by atoms with Gasteiger partial charge in [-0.2, -0.15) is 4.98 Å². The summed E-state index contributed by atoms with van der Waals surface area (Å²) < 4.78 is 8.21. The summed E-state index contributed by atoms with van der Waals surface area (Å²) in [7, 11) is 1.70. The van der Waals surface area contributed by atoms with Crippen molar-refractivity contribution in [1.29, 1.82) is 0 Å². The summed E-state index contributed by atoms with van der Waals surface area (Å²) in [5.74, 6) is 6.75. The third-order valence-corrected chi connectivity index (χ3v) is 5.49. The van der Waals surface area contributed by atoms with Crippen LogP contribution >= 0.6 is 11.3 Å². The molecule has 154 valence electrons. The molecule has 4 aromatic heterocycles. The monoisotopic (exact) mass is 421 g/mol. The molecule has 4 heterocycles. The first-order valence-corrected chi connectivity index (χ1v) is 10.5. The predicted octanol–water partition coefficient (Wildman–Crippen LogP) is 3.31. The topological polar surface area (TPSA) is 99.1 Å². The standard InChI is InChI=1S/C22H23N5O2S/c1-22(2,28)8-6-15-11-18-16(12-24-15)14(5-4-9-29-3)13-27(18)20-19-17(7-10-30-19)25-21(23)26-20/h7,10-13,28H,4-5,9H2,1-3H3,(H2,23,25,26). The molecule has 7 nitrogen and oxygen atoms in total. The Kier molecular flexibility index (Phi) is 5.43. The van der Waals surface area contributed by atoms with Crippen LogP contribution in [0.1, 0.15) is 31.5 Å². The maximum Gasteiger partial charge on any atom is 0.222 e. The average molecular weight is 422 g/mol. The van der Waals surface area contributed by atoms with Crippen LogP contribution < -0.4 is 5.73 Å². The Labute approximate surface area is 178 Å². The molecular formula is C22H23N5O2S. The minimum atomic E-state index is -1.09. The molecule has 0 saturated heterocycles. The Morgan fingerprint density at radius 1 is 1.33 bits per heavy atom. The van der Waals surface area contributed by atoms with Gasteiger partial charge < -0.3 is 15.6 Å². The lowest BCUT2D eigenvalue weighted by molar-refractivity contribution is 0.143. The minimum absolute atomic E-state index is 0.231. The number of aromatic nitrogens is 4. The fourth-order valence-electron chi connectivity index (χ4n) is 3.28. The third-order valence-electron chi connectivity index (χ3n) is 4.59. The van der Waals surface area contributed by atoms with E-state index < -0.39 is 5.60 Å². The van der Waals surface area contributed by atoms with Gasteiger partial charge in [0.2, 0.25) is 5.95 Å². The van der Waals surface area contributed by atoms with Crippen molar-refractivity contribution in [2.24, 2.45) is 0 Å². The number of nitrogen functional groups attached to an aromatic ring is 1. The summed E-state index contributed by atoms with van der Waals surface area (Å²) in [6.07, 6.45) is 5.66. The number of anilines is 1. The van der Waals surface area contributed by atoms with Crippen molar-refractivity contribution < 1.29 is 9.84 Å². The van der Waals surface area contributed by atoms with Gasteiger partial charge in [0.25, 0.3) is 0 Å². The van der Waals surface area contributed by atoms with Crippen LogP contribution in [-0.4, -0.2) is 43.9 Å². The first-order chi connectivity index (χ1) is 14.4. The second kappa shape index (κ2) is 8.03. The summed E-state index contributed by atoms with van der Waals surface area (Å²) in [6, 6.07) is 3.86. The molecule has 0 spiro atoms. The van der Waals surface area contributed by atoms with Crippen molar-refractivity contribution in [2.45, 2.75) is 32.3 Å². The highest BCUT2D eigenvalue weighted by molar-refractivity contribution is 7.17. The molecule has 3 N–H and O–H groups in total. The molecule has 0 aliphatic rings. The first kappa shape index (κ1) is 20.3. The van der Waals surface area contributed by atoms with Crippen LogP contribution in [0.25, 0.3) is 26.9 Å². The Balaban J connectivity index is 1.91.